The van der Waals surface area contributed by atoms with E-state index in [1.54, 1.807) is 12.3 Å². The van der Waals surface area contributed by atoms with Gasteiger partial charge in [-0.05, 0) is 43.7 Å². The van der Waals surface area contributed by atoms with Crippen LogP contribution in [-0.4, -0.2) is 36.8 Å². The van der Waals surface area contributed by atoms with E-state index >= 15 is 0 Å². The molecule has 1 atom stereocenters. The van der Waals surface area contributed by atoms with Crippen molar-refractivity contribution < 1.29 is 23.9 Å². The zero-order chi connectivity index (χ0) is 17.7. The molecule has 1 unspecified atom stereocenters. The SMILES string of the molecule is CCOC(=O)c1cc(C)c(CCC2=CSC(C(=O)OC)C(=O)N2)s1. The monoisotopic (exact) mass is 369 g/mol. The number of methoxy groups -OCH3 is 1. The number of aryl methyl sites for hydroxylation is 2. The molecule has 24 heavy (non-hydrogen) atoms. The smallest absolute Gasteiger partial charge is 0.348 e. The predicted octanol–water partition coefficient (Wildman–Crippen LogP) is 2.41. The van der Waals surface area contributed by atoms with Crippen molar-refractivity contribution >= 4 is 40.9 Å². The van der Waals surface area contributed by atoms with Crippen molar-refractivity contribution in [3.63, 3.8) is 0 Å². The van der Waals surface area contributed by atoms with Crippen molar-refractivity contribution in [3.05, 3.63) is 32.5 Å². The molecule has 0 saturated heterocycles. The Morgan fingerprint density at radius 2 is 2.08 bits per heavy atom. The number of hydrogen-bond donors (Lipinski definition) is 1. The molecule has 0 aromatic carbocycles. The molecule has 0 aliphatic carbocycles. The van der Waals surface area contributed by atoms with Crippen LogP contribution in [0.4, 0.5) is 0 Å². The van der Waals surface area contributed by atoms with E-state index in [0.717, 1.165) is 27.9 Å². The Hall–Kier alpha value is -1.80. The van der Waals surface area contributed by atoms with Gasteiger partial charge in [0, 0.05) is 10.6 Å². The van der Waals surface area contributed by atoms with E-state index in [1.165, 1.54) is 18.4 Å². The average molecular weight is 369 g/mol. The Kier molecular flexibility index (Phi) is 6.44. The summed E-state index contributed by atoms with van der Waals surface area (Å²) < 4.78 is 9.60. The first-order valence-corrected chi connectivity index (χ1v) is 9.21. The molecule has 1 aromatic heterocycles. The maximum Gasteiger partial charge on any atom is 0.348 e. The average Bonchev–Trinajstić information content (AvgIpc) is 2.93. The number of carbonyl (C=O) groups excluding carboxylic acids is 3. The van der Waals surface area contributed by atoms with Crippen LogP contribution in [0.5, 0.6) is 0 Å². The van der Waals surface area contributed by atoms with Crippen LogP contribution < -0.4 is 5.32 Å². The third-order valence-corrected chi connectivity index (χ3v) is 5.78. The van der Waals surface area contributed by atoms with Gasteiger partial charge in [-0.2, -0.15) is 0 Å². The minimum atomic E-state index is -0.849. The van der Waals surface area contributed by atoms with Crippen molar-refractivity contribution in [3.8, 4) is 0 Å². The largest absolute Gasteiger partial charge is 0.468 e. The van der Waals surface area contributed by atoms with Crippen molar-refractivity contribution in [2.24, 2.45) is 0 Å². The van der Waals surface area contributed by atoms with Crippen LogP contribution in [-0.2, 0) is 25.5 Å². The van der Waals surface area contributed by atoms with Crippen LogP contribution in [0, 0.1) is 6.92 Å². The number of hydrogen-bond acceptors (Lipinski definition) is 7. The van der Waals surface area contributed by atoms with Crippen LogP contribution in [0.3, 0.4) is 0 Å². The van der Waals surface area contributed by atoms with Crippen LogP contribution in [0.1, 0.15) is 33.5 Å². The summed E-state index contributed by atoms with van der Waals surface area (Å²) in [5.74, 6) is -1.22. The van der Waals surface area contributed by atoms with E-state index in [4.69, 9.17) is 4.74 Å². The van der Waals surface area contributed by atoms with Crippen LogP contribution in [0.15, 0.2) is 17.2 Å². The number of thiophene rings is 1. The summed E-state index contributed by atoms with van der Waals surface area (Å²) in [6.45, 7) is 4.07. The van der Waals surface area contributed by atoms with Gasteiger partial charge in [0.1, 0.15) is 4.88 Å². The summed E-state index contributed by atoms with van der Waals surface area (Å²) >= 11 is 2.56. The molecule has 1 aromatic rings. The summed E-state index contributed by atoms with van der Waals surface area (Å²) in [6.07, 6.45) is 1.32. The summed E-state index contributed by atoms with van der Waals surface area (Å²) in [4.78, 5) is 36.8. The Bertz CT molecular complexity index is 680. The Balaban J connectivity index is 1.97. The lowest BCUT2D eigenvalue weighted by molar-refractivity contribution is -0.142. The highest BCUT2D eigenvalue weighted by Gasteiger charge is 2.31. The van der Waals surface area contributed by atoms with E-state index in [2.05, 4.69) is 10.1 Å². The molecular weight excluding hydrogens is 350 g/mol. The number of thioether (sulfide) groups is 1. The number of esters is 2. The van der Waals surface area contributed by atoms with E-state index < -0.39 is 11.2 Å². The van der Waals surface area contributed by atoms with Gasteiger partial charge in [0.05, 0.1) is 13.7 Å². The second-order valence-corrected chi connectivity index (χ2v) is 7.22. The molecule has 6 nitrogen and oxygen atoms in total. The number of rotatable bonds is 6. The fraction of sp³-hybridized carbons (Fsp3) is 0.438. The van der Waals surface area contributed by atoms with Gasteiger partial charge in [0.15, 0.2) is 5.25 Å². The highest BCUT2D eigenvalue weighted by molar-refractivity contribution is 8.04. The number of carbonyl (C=O) groups is 3. The maximum absolute atomic E-state index is 11.9. The lowest BCUT2D eigenvalue weighted by Gasteiger charge is -2.19. The second-order valence-electron chi connectivity index (χ2n) is 5.11. The molecule has 1 amide bonds. The Morgan fingerprint density at radius 1 is 1.33 bits per heavy atom. The molecular formula is C16H19NO5S2. The standard InChI is InChI=1S/C16H19NO5S2/c1-4-22-15(19)12-7-9(2)11(24-12)6-5-10-8-23-13(14(18)17-10)16(20)21-3/h7-8,13H,4-6H2,1-3H3,(H,17,18). The normalized spacial score (nSPS) is 17.0. The summed E-state index contributed by atoms with van der Waals surface area (Å²) in [5.41, 5.74) is 1.79. The molecule has 8 heteroatoms. The van der Waals surface area contributed by atoms with Gasteiger partial charge in [-0.25, -0.2) is 4.79 Å². The van der Waals surface area contributed by atoms with E-state index in [9.17, 15) is 14.4 Å². The van der Waals surface area contributed by atoms with Crippen molar-refractivity contribution in [1.29, 1.82) is 0 Å². The fourth-order valence-corrected chi connectivity index (χ4v) is 4.11. The van der Waals surface area contributed by atoms with Gasteiger partial charge >= 0.3 is 11.9 Å². The Morgan fingerprint density at radius 3 is 2.71 bits per heavy atom. The molecule has 1 aliphatic rings. The van der Waals surface area contributed by atoms with E-state index in [1.807, 2.05) is 13.0 Å². The predicted molar refractivity (Wildman–Crippen MR) is 93.0 cm³/mol. The van der Waals surface area contributed by atoms with Crippen molar-refractivity contribution in [1.82, 2.24) is 5.32 Å². The first-order valence-electron chi connectivity index (χ1n) is 7.45. The summed E-state index contributed by atoms with van der Waals surface area (Å²) in [6, 6.07) is 1.83. The van der Waals surface area contributed by atoms with Crippen LogP contribution >= 0.6 is 23.1 Å². The molecule has 0 bridgehead atoms. The topological polar surface area (TPSA) is 81.7 Å². The minimum Gasteiger partial charge on any atom is -0.468 e. The van der Waals surface area contributed by atoms with Crippen LogP contribution in [0.2, 0.25) is 0 Å². The van der Waals surface area contributed by atoms with Gasteiger partial charge in [0.2, 0.25) is 5.91 Å². The van der Waals surface area contributed by atoms with Gasteiger partial charge in [0.25, 0.3) is 0 Å². The molecule has 130 valence electrons. The van der Waals surface area contributed by atoms with Crippen molar-refractivity contribution in [2.45, 2.75) is 31.9 Å². The summed E-state index contributed by atoms with van der Waals surface area (Å²) in [5, 5.41) is 3.66. The first-order chi connectivity index (χ1) is 11.5. The number of allylic oxidation sites excluding steroid dienone is 1. The third-order valence-electron chi connectivity index (χ3n) is 3.40. The lowest BCUT2D eigenvalue weighted by Crippen LogP contribution is -2.40. The summed E-state index contributed by atoms with van der Waals surface area (Å²) in [7, 11) is 1.26. The lowest BCUT2D eigenvalue weighted by atomic mass is 10.1. The zero-order valence-corrected chi connectivity index (χ0v) is 15.3. The highest BCUT2D eigenvalue weighted by atomic mass is 32.2. The molecule has 0 radical (unpaired) electrons. The molecule has 0 fully saturated rings. The molecule has 1 N–H and O–H groups in total. The second kappa shape index (κ2) is 8.34. The van der Waals surface area contributed by atoms with E-state index in [0.29, 0.717) is 24.3 Å². The molecule has 2 heterocycles. The minimum absolute atomic E-state index is 0.307. The first kappa shape index (κ1) is 18.5. The van der Waals surface area contributed by atoms with Gasteiger partial charge in [-0.3, -0.25) is 9.59 Å². The van der Waals surface area contributed by atoms with Gasteiger partial charge < -0.3 is 14.8 Å². The Labute approximate surface area is 148 Å². The molecule has 0 saturated carbocycles. The third kappa shape index (κ3) is 4.39. The molecule has 0 spiro atoms. The maximum atomic E-state index is 11.9. The van der Waals surface area contributed by atoms with Gasteiger partial charge in [-0.15, -0.1) is 23.1 Å². The molecule has 2 rings (SSSR count). The zero-order valence-electron chi connectivity index (χ0n) is 13.7. The van der Waals surface area contributed by atoms with E-state index in [-0.39, 0.29) is 11.9 Å². The number of amides is 1. The highest BCUT2D eigenvalue weighted by Crippen LogP contribution is 2.27. The molecule has 1 aliphatic heterocycles. The number of nitrogens with one attached hydrogen (secondary N) is 1. The fourth-order valence-electron chi connectivity index (χ4n) is 2.18. The van der Waals surface area contributed by atoms with Gasteiger partial charge in [-0.1, -0.05) is 0 Å². The van der Waals surface area contributed by atoms with Crippen molar-refractivity contribution in [2.75, 3.05) is 13.7 Å². The number of ether oxygens (including phenoxy) is 2. The quantitative estimate of drug-likeness (QED) is 0.613. The van der Waals surface area contributed by atoms with Crippen LogP contribution in [0.25, 0.3) is 0 Å².